The lowest BCUT2D eigenvalue weighted by molar-refractivity contribution is -0.140. The van der Waals surface area contributed by atoms with Gasteiger partial charge in [-0.1, -0.05) is 6.07 Å². The molecule has 0 unspecified atom stereocenters. The number of esters is 1. The van der Waals surface area contributed by atoms with Gasteiger partial charge in [0.2, 0.25) is 0 Å². The van der Waals surface area contributed by atoms with Crippen LogP contribution >= 0.6 is 0 Å². The molecule has 2 aromatic heterocycles. The van der Waals surface area contributed by atoms with Crippen molar-refractivity contribution in [2.24, 2.45) is 7.05 Å². The van der Waals surface area contributed by atoms with Crippen LogP contribution in [0.1, 0.15) is 12.0 Å². The maximum Gasteiger partial charge on any atom is 0.336 e. The minimum atomic E-state index is -0.499. The lowest BCUT2D eigenvalue weighted by Gasteiger charge is -2.14. The number of rotatable bonds is 5. The number of nitrogens with zero attached hydrogens (tertiary/aromatic N) is 3. The maximum absolute atomic E-state index is 12.9. The molecular weight excluding hydrogens is 350 g/mol. The van der Waals surface area contributed by atoms with E-state index in [1.807, 2.05) is 0 Å². The van der Waals surface area contributed by atoms with E-state index < -0.39 is 11.2 Å². The van der Waals surface area contributed by atoms with Crippen molar-refractivity contribution in [1.82, 2.24) is 14.1 Å². The number of methoxy groups -OCH3 is 2. The summed E-state index contributed by atoms with van der Waals surface area (Å²) < 4.78 is 12.5. The van der Waals surface area contributed by atoms with Gasteiger partial charge in [-0.2, -0.15) is 0 Å². The summed E-state index contributed by atoms with van der Waals surface area (Å²) in [5.41, 5.74) is 0.675. The molecule has 3 aromatic rings. The third-order valence-electron chi connectivity index (χ3n) is 4.40. The molecule has 0 aliphatic heterocycles. The molecule has 0 saturated carbocycles. The first kappa shape index (κ1) is 18.4. The molecule has 0 amide bonds. The van der Waals surface area contributed by atoms with Crippen LogP contribution < -0.4 is 16.0 Å². The topological polar surface area (TPSA) is 92.4 Å². The summed E-state index contributed by atoms with van der Waals surface area (Å²) in [7, 11) is 4.38. The summed E-state index contributed by atoms with van der Waals surface area (Å²) in [4.78, 5) is 41.0. The predicted octanol–water partition coefficient (Wildman–Crippen LogP) is 1.20. The van der Waals surface area contributed by atoms with E-state index in [1.165, 1.54) is 31.2 Å². The standard InChI is InChI=1S/C19H19N3O5/c1-21-15-11-20-9-8-13(15)18(24)22(19(21)25)14-6-4-12(10-16(14)26-2)5-7-17(23)27-3/h4,6,8-11H,5,7H2,1-3H3. The van der Waals surface area contributed by atoms with E-state index in [0.717, 1.165) is 10.1 Å². The first-order valence-electron chi connectivity index (χ1n) is 8.27. The average molecular weight is 369 g/mol. The van der Waals surface area contributed by atoms with Crippen molar-refractivity contribution in [3.05, 3.63) is 63.1 Å². The van der Waals surface area contributed by atoms with Gasteiger partial charge in [-0.15, -0.1) is 0 Å². The molecule has 8 heteroatoms. The van der Waals surface area contributed by atoms with Crippen molar-refractivity contribution >= 4 is 16.9 Å². The van der Waals surface area contributed by atoms with Crippen LogP contribution in [-0.2, 0) is 23.0 Å². The Kier molecular flexibility index (Phi) is 5.07. The number of hydrogen-bond acceptors (Lipinski definition) is 6. The molecule has 0 saturated heterocycles. The van der Waals surface area contributed by atoms with Crippen LogP contribution in [0.4, 0.5) is 0 Å². The lowest BCUT2D eigenvalue weighted by atomic mass is 10.1. The van der Waals surface area contributed by atoms with E-state index >= 15 is 0 Å². The highest BCUT2D eigenvalue weighted by Gasteiger charge is 2.16. The summed E-state index contributed by atoms with van der Waals surface area (Å²) in [6, 6.07) is 6.68. The number of aromatic nitrogens is 3. The Labute approximate surface area is 154 Å². The van der Waals surface area contributed by atoms with Crippen molar-refractivity contribution < 1.29 is 14.3 Å². The van der Waals surface area contributed by atoms with Crippen molar-refractivity contribution in [3.8, 4) is 11.4 Å². The molecule has 0 bridgehead atoms. The summed E-state index contributed by atoms with van der Waals surface area (Å²) in [5.74, 6) is 0.0521. The molecule has 1 aromatic carbocycles. The SMILES string of the molecule is COC(=O)CCc1ccc(-n2c(=O)c3ccncc3n(C)c2=O)c(OC)c1. The van der Waals surface area contributed by atoms with Gasteiger partial charge < -0.3 is 9.47 Å². The zero-order valence-corrected chi connectivity index (χ0v) is 15.3. The first-order chi connectivity index (χ1) is 13.0. The number of ether oxygens (including phenoxy) is 2. The second kappa shape index (κ2) is 7.45. The second-order valence-electron chi connectivity index (χ2n) is 5.96. The number of aryl methyl sites for hydroxylation is 2. The Bertz CT molecular complexity index is 1130. The van der Waals surface area contributed by atoms with E-state index in [1.54, 1.807) is 31.3 Å². The molecular formula is C19H19N3O5. The van der Waals surface area contributed by atoms with Crippen molar-refractivity contribution in [2.45, 2.75) is 12.8 Å². The summed E-state index contributed by atoms with van der Waals surface area (Å²) in [6.07, 6.45) is 3.67. The highest BCUT2D eigenvalue weighted by Crippen LogP contribution is 2.23. The fraction of sp³-hybridized carbons (Fsp3) is 0.263. The van der Waals surface area contributed by atoms with Gasteiger partial charge in [0.15, 0.2) is 0 Å². The van der Waals surface area contributed by atoms with Crippen molar-refractivity contribution in [3.63, 3.8) is 0 Å². The Balaban J connectivity index is 2.15. The van der Waals surface area contributed by atoms with Crippen LogP contribution in [0.3, 0.4) is 0 Å². The summed E-state index contributed by atoms with van der Waals surface area (Å²) in [6.45, 7) is 0. The fourth-order valence-corrected chi connectivity index (χ4v) is 2.92. The van der Waals surface area contributed by atoms with Crippen LogP contribution in [0.5, 0.6) is 5.75 Å². The molecule has 0 radical (unpaired) electrons. The average Bonchev–Trinajstić information content (AvgIpc) is 2.70. The van der Waals surface area contributed by atoms with Gasteiger partial charge in [-0.25, -0.2) is 9.36 Å². The molecule has 2 heterocycles. The maximum atomic E-state index is 12.9. The van der Waals surface area contributed by atoms with Gasteiger partial charge in [0, 0.05) is 19.7 Å². The third-order valence-corrected chi connectivity index (χ3v) is 4.40. The molecule has 0 atom stereocenters. The number of benzene rings is 1. The molecule has 140 valence electrons. The van der Waals surface area contributed by atoms with Crippen LogP contribution in [-0.4, -0.2) is 34.3 Å². The second-order valence-corrected chi connectivity index (χ2v) is 5.96. The van der Waals surface area contributed by atoms with Gasteiger partial charge >= 0.3 is 11.7 Å². The van der Waals surface area contributed by atoms with Crippen LogP contribution in [0, 0.1) is 0 Å². The van der Waals surface area contributed by atoms with Crippen LogP contribution in [0.15, 0.2) is 46.2 Å². The largest absolute Gasteiger partial charge is 0.495 e. The number of carbonyl (C=O) groups is 1. The number of hydrogen-bond donors (Lipinski definition) is 0. The van der Waals surface area contributed by atoms with Crippen molar-refractivity contribution in [1.29, 1.82) is 0 Å². The molecule has 8 nitrogen and oxygen atoms in total. The Hall–Kier alpha value is -3.42. The van der Waals surface area contributed by atoms with Gasteiger partial charge in [-0.3, -0.25) is 19.1 Å². The lowest BCUT2D eigenvalue weighted by Crippen LogP contribution is -2.38. The Morgan fingerprint density at radius 3 is 2.67 bits per heavy atom. The van der Waals surface area contributed by atoms with Gasteiger partial charge in [0.1, 0.15) is 5.75 Å². The molecule has 0 aliphatic rings. The smallest absolute Gasteiger partial charge is 0.336 e. The zero-order chi connectivity index (χ0) is 19.6. The normalized spacial score (nSPS) is 10.8. The number of pyridine rings is 1. The fourth-order valence-electron chi connectivity index (χ4n) is 2.92. The molecule has 3 rings (SSSR count). The first-order valence-corrected chi connectivity index (χ1v) is 8.27. The monoisotopic (exact) mass is 369 g/mol. The summed E-state index contributed by atoms with van der Waals surface area (Å²) in [5, 5.41) is 0.379. The minimum Gasteiger partial charge on any atom is -0.495 e. The van der Waals surface area contributed by atoms with Crippen LogP contribution in [0.25, 0.3) is 16.6 Å². The Morgan fingerprint density at radius 1 is 1.19 bits per heavy atom. The minimum absolute atomic E-state index is 0.226. The number of carbonyl (C=O) groups excluding carboxylic acids is 1. The van der Waals surface area contributed by atoms with E-state index in [0.29, 0.717) is 28.8 Å². The van der Waals surface area contributed by atoms with Gasteiger partial charge in [0.25, 0.3) is 5.56 Å². The van der Waals surface area contributed by atoms with E-state index in [9.17, 15) is 14.4 Å². The van der Waals surface area contributed by atoms with E-state index in [-0.39, 0.29) is 12.4 Å². The highest BCUT2D eigenvalue weighted by atomic mass is 16.5. The number of fused-ring (bicyclic) bond motifs is 1. The molecule has 0 fully saturated rings. The third kappa shape index (κ3) is 3.33. The predicted molar refractivity (Wildman–Crippen MR) is 99.5 cm³/mol. The Morgan fingerprint density at radius 2 is 1.96 bits per heavy atom. The molecule has 0 aliphatic carbocycles. The highest BCUT2D eigenvalue weighted by molar-refractivity contribution is 5.77. The van der Waals surface area contributed by atoms with Crippen molar-refractivity contribution in [2.75, 3.05) is 14.2 Å². The van der Waals surface area contributed by atoms with Gasteiger partial charge in [-0.05, 0) is 30.2 Å². The van der Waals surface area contributed by atoms with Gasteiger partial charge in [0.05, 0.1) is 37.0 Å². The quantitative estimate of drug-likeness (QED) is 0.628. The zero-order valence-electron chi connectivity index (χ0n) is 15.3. The van der Waals surface area contributed by atoms with E-state index in [4.69, 9.17) is 4.74 Å². The van der Waals surface area contributed by atoms with E-state index in [2.05, 4.69) is 9.72 Å². The summed E-state index contributed by atoms with van der Waals surface area (Å²) >= 11 is 0. The van der Waals surface area contributed by atoms with Crippen LogP contribution in [0.2, 0.25) is 0 Å². The molecule has 0 N–H and O–H groups in total. The molecule has 0 spiro atoms. The molecule has 27 heavy (non-hydrogen) atoms.